The van der Waals surface area contributed by atoms with E-state index in [1.807, 2.05) is 24.3 Å². The molecule has 0 bridgehead atoms. The third-order valence-corrected chi connectivity index (χ3v) is 4.64. The Balaban J connectivity index is 1.47. The first-order valence-electron chi connectivity index (χ1n) is 9.28. The molecule has 26 heavy (non-hydrogen) atoms. The predicted octanol–water partition coefficient (Wildman–Crippen LogP) is 3.46. The molecule has 0 radical (unpaired) electrons. The Morgan fingerprint density at radius 1 is 1.00 bits per heavy atom. The zero-order chi connectivity index (χ0) is 18.4. The number of nitriles is 1. The van der Waals surface area contributed by atoms with Gasteiger partial charge in [-0.25, -0.2) is 0 Å². The van der Waals surface area contributed by atoms with Crippen LogP contribution in [0, 0.1) is 11.3 Å². The highest BCUT2D eigenvalue weighted by atomic mass is 16.5. The molecule has 1 aliphatic heterocycles. The van der Waals surface area contributed by atoms with Crippen molar-refractivity contribution in [2.75, 3.05) is 13.1 Å². The Bertz CT molecular complexity index is 741. The lowest BCUT2D eigenvalue weighted by Gasteiger charge is -2.35. The van der Waals surface area contributed by atoms with Crippen LogP contribution in [0.1, 0.15) is 36.1 Å². The van der Waals surface area contributed by atoms with Crippen LogP contribution in [0.2, 0.25) is 0 Å². The molecule has 136 valence electrons. The first kappa shape index (κ1) is 18.6. The minimum atomic E-state index is 0.307. The second kappa shape index (κ2) is 8.95. The molecule has 0 spiro atoms. The molecule has 0 saturated carbocycles. The molecule has 1 aliphatic rings. The van der Waals surface area contributed by atoms with Gasteiger partial charge in [0.25, 0.3) is 0 Å². The molecule has 1 fully saturated rings. The maximum atomic E-state index is 8.96. The highest BCUT2D eigenvalue weighted by Crippen LogP contribution is 2.15. The summed E-state index contributed by atoms with van der Waals surface area (Å²) < 4.78 is 5.80. The molecule has 4 nitrogen and oxygen atoms in total. The van der Waals surface area contributed by atoms with E-state index in [1.165, 1.54) is 11.1 Å². The van der Waals surface area contributed by atoms with E-state index in [2.05, 4.69) is 54.4 Å². The average Bonchev–Trinajstić information content (AvgIpc) is 2.62. The van der Waals surface area contributed by atoms with Crippen molar-refractivity contribution in [2.24, 2.45) is 0 Å². The van der Waals surface area contributed by atoms with Gasteiger partial charge in [0.2, 0.25) is 0 Å². The van der Waals surface area contributed by atoms with Crippen LogP contribution in [-0.2, 0) is 24.4 Å². The van der Waals surface area contributed by atoms with E-state index in [4.69, 9.17) is 10.00 Å². The highest BCUT2D eigenvalue weighted by molar-refractivity contribution is 5.32. The molecule has 1 saturated heterocycles. The fourth-order valence-electron chi connectivity index (χ4n) is 3.54. The molecule has 0 aromatic heterocycles. The van der Waals surface area contributed by atoms with Crippen LogP contribution in [0.4, 0.5) is 0 Å². The number of morpholine rings is 1. The lowest BCUT2D eigenvalue weighted by Crippen LogP contribution is -2.44. The minimum Gasteiger partial charge on any atom is -0.373 e. The third-order valence-electron chi connectivity index (χ3n) is 4.64. The summed E-state index contributed by atoms with van der Waals surface area (Å²) in [6, 6.07) is 18.7. The molecule has 2 atom stereocenters. The van der Waals surface area contributed by atoms with Crippen molar-refractivity contribution in [3.63, 3.8) is 0 Å². The van der Waals surface area contributed by atoms with Crippen LogP contribution in [0.25, 0.3) is 0 Å². The van der Waals surface area contributed by atoms with E-state index < -0.39 is 0 Å². The number of hydrogen-bond donors (Lipinski definition) is 1. The van der Waals surface area contributed by atoms with E-state index in [0.29, 0.717) is 17.8 Å². The molecule has 0 unspecified atom stereocenters. The summed E-state index contributed by atoms with van der Waals surface area (Å²) >= 11 is 0. The number of benzene rings is 2. The topological polar surface area (TPSA) is 48.3 Å². The summed E-state index contributed by atoms with van der Waals surface area (Å²) in [4.78, 5) is 2.47. The van der Waals surface area contributed by atoms with E-state index in [-0.39, 0.29) is 0 Å². The largest absolute Gasteiger partial charge is 0.373 e. The van der Waals surface area contributed by atoms with Gasteiger partial charge in [0, 0.05) is 32.7 Å². The summed E-state index contributed by atoms with van der Waals surface area (Å²) in [6.07, 6.45) is 0.614. The van der Waals surface area contributed by atoms with Gasteiger partial charge in [-0.15, -0.1) is 0 Å². The van der Waals surface area contributed by atoms with Crippen LogP contribution < -0.4 is 5.32 Å². The molecular formula is C22H27N3O. The summed E-state index contributed by atoms with van der Waals surface area (Å²) in [7, 11) is 0. The zero-order valence-corrected chi connectivity index (χ0v) is 15.6. The fraction of sp³-hybridized carbons (Fsp3) is 0.409. The molecule has 3 rings (SSSR count). The molecule has 2 aromatic rings. The van der Waals surface area contributed by atoms with Crippen LogP contribution in [0.5, 0.6) is 0 Å². The predicted molar refractivity (Wildman–Crippen MR) is 103 cm³/mol. The Morgan fingerprint density at radius 2 is 1.65 bits per heavy atom. The van der Waals surface area contributed by atoms with E-state index >= 15 is 0 Å². The van der Waals surface area contributed by atoms with Gasteiger partial charge in [0.1, 0.15) is 0 Å². The summed E-state index contributed by atoms with van der Waals surface area (Å²) in [5, 5.41) is 12.4. The monoisotopic (exact) mass is 349 g/mol. The third kappa shape index (κ3) is 5.40. The van der Waals surface area contributed by atoms with Crippen molar-refractivity contribution in [1.29, 1.82) is 5.26 Å². The number of hydrogen-bond acceptors (Lipinski definition) is 4. The molecule has 0 amide bonds. The minimum absolute atomic E-state index is 0.307. The Morgan fingerprint density at radius 3 is 2.35 bits per heavy atom. The summed E-state index contributed by atoms with van der Waals surface area (Å²) in [5.74, 6) is 0. The average molecular weight is 349 g/mol. The quantitative estimate of drug-likeness (QED) is 0.868. The number of ether oxygens (including phenoxy) is 1. The van der Waals surface area contributed by atoms with Crippen molar-refractivity contribution in [2.45, 2.75) is 45.7 Å². The van der Waals surface area contributed by atoms with Gasteiger partial charge in [-0.05, 0) is 42.7 Å². The maximum absolute atomic E-state index is 8.96. The van der Waals surface area contributed by atoms with Gasteiger partial charge >= 0.3 is 0 Å². The number of rotatable bonds is 6. The highest BCUT2D eigenvalue weighted by Gasteiger charge is 2.21. The van der Waals surface area contributed by atoms with Gasteiger partial charge in [0.15, 0.2) is 0 Å². The van der Waals surface area contributed by atoms with Crippen molar-refractivity contribution in [3.05, 3.63) is 70.8 Å². The molecule has 4 heteroatoms. The van der Waals surface area contributed by atoms with Gasteiger partial charge in [-0.2, -0.15) is 5.26 Å². The molecule has 2 aromatic carbocycles. The van der Waals surface area contributed by atoms with Crippen LogP contribution in [-0.4, -0.2) is 30.2 Å². The second-order valence-electron chi connectivity index (χ2n) is 7.18. The van der Waals surface area contributed by atoms with E-state index in [0.717, 1.165) is 38.3 Å². The summed E-state index contributed by atoms with van der Waals surface area (Å²) in [6.45, 7) is 8.84. The van der Waals surface area contributed by atoms with Crippen molar-refractivity contribution < 1.29 is 4.74 Å². The standard InChI is InChI=1S/C22H27N3O/c1-17-14-25(15-18(2)26-17)16-20-8-6-19(7-9-20)12-24-13-22-5-3-4-21(10-22)11-23/h3-10,17-18,24H,12-16H2,1-2H3/t17-,18-/m0/s1. The first-order chi connectivity index (χ1) is 12.6. The smallest absolute Gasteiger partial charge is 0.0991 e. The normalized spacial score (nSPS) is 20.7. The lowest BCUT2D eigenvalue weighted by atomic mass is 10.1. The first-order valence-corrected chi connectivity index (χ1v) is 9.28. The second-order valence-corrected chi connectivity index (χ2v) is 7.18. The SMILES string of the molecule is C[C@H]1CN(Cc2ccc(CNCc3cccc(C#N)c3)cc2)C[C@H](C)O1. The van der Waals surface area contributed by atoms with Crippen LogP contribution in [0.15, 0.2) is 48.5 Å². The van der Waals surface area contributed by atoms with Gasteiger partial charge in [-0.3, -0.25) is 4.90 Å². The van der Waals surface area contributed by atoms with Gasteiger partial charge in [0.05, 0.1) is 23.8 Å². The van der Waals surface area contributed by atoms with Crippen LogP contribution in [0.3, 0.4) is 0 Å². The van der Waals surface area contributed by atoms with Crippen molar-refractivity contribution >= 4 is 0 Å². The Labute approximate surface area is 156 Å². The zero-order valence-electron chi connectivity index (χ0n) is 15.6. The van der Waals surface area contributed by atoms with Crippen molar-refractivity contribution in [3.8, 4) is 6.07 Å². The van der Waals surface area contributed by atoms with E-state index in [1.54, 1.807) is 0 Å². The molecular weight excluding hydrogens is 322 g/mol. The van der Waals surface area contributed by atoms with Crippen molar-refractivity contribution in [1.82, 2.24) is 10.2 Å². The number of nitrogens with zero attached hydrogens (tertiary/aromatic N) is 2. The lowest BCUT2D eigenvalue weighted by molar-refractivity contribution is -0.0704. The fourth-order valence-corrected chi connectivity index (χ4v) is 3.54. The summed E-state index contributed by atoms with van der Waals surface area (Å²) in [5.41, 5.74) is 4.46. The number of nitrogens with one attached hydrogen (secondary N) is 1. The van der Waals surface area contributed by atoms with Crippen LogP contribution >= 0.6 is 0 Å². The Kier molecular flexibility index (Phi) is 6.40. The Hall–Kier alpha value is -2.19. The molecule has 0 aliphatic carbocycles. The molecule has 1 N–H and O–H groups in total. The maximum Gasteiger partial charge on any atom is 0.0991 e. The van der Waals surface area contributed by atoms with Gasteiger partial charge in [-0.1, -0.05) is 36.4 Å². The van der Waals surface area contributed by atoms with E-state index in [9.17, 15) is 0 Å². The van der Waals surface area contributed by atoms with Gasteiger partial charge < -0.3 is 10.1 Å². The molecule has 1 heterocycles.